The third kappa shape index (κ3) is 6.23. The zero-order valence-corrected chi connectivity index (χ0v) is 16.7. The predicted octanol–water partition coefficient (Wildman–Crippen LogP) is 3.80. The van der Waals surface area contributed by atoms with Crippen LogP contribution in [0.5, 0.6) is 5.75 Å². The summed E-state index contributed by atoms with van der Waals surface area (Å²) in [5, 5.41) is 3.33. The van der Waals surface area contributed by atoms with Crippen LogP contribution >= 0.6 is 11.6 Å². The number of halogens is 2. The van der Waals surface area contributed by atoms with Crippen molar-refractivity contribution in [3.63, 3.8) is 0 Å². The maximum absolute atomic E-state index is 13.7. The fourth-order valence-corrected chi connectivity index (χ4v) is 2.81. The highest BCUT2D eigenvalue weighted by Gasteiger charge is 2.26. The van der Waals surface area contributed by atoms with Gasteiger partial charge in [-0.15, -0.1) is 0 Å². The molecule has 0 saturated heterocycles. The van der Waals surface area contributed by atoms with Crippen LogP contribution in [0.15, 0.2) is 48.5 Å². The standard InChI is InChI=1S/C21H24ClFN2O3/c1-3-11-24-21(27)15(2)25(13-16-7-6-8-17(22)12-16)20(26)14-28-19-10-5-4-9-18(19)23/h4-10,12,15H,3,11,13-14H2,1-2H3,(H,24,27)/t15-/m1/s1. The van der Waals surface area contributed by atoms with Crippen LogP contribution in [-0.4, -0.2) is 35.9 Å². The van der Waals surface area contributed by atoms with Gasteiger partial charge in [0.25, 0.3) is 5.91 Å². The Bertz CT molecular complexity index is 816. The van der Waals surface area contributed by atoms with Crippen molar-refractivity contribution in [1.29, 1.82) is 0 Å². The second-order valence-electron chi connectivity index (χ2n) is 6.34. The van der Waals surface area contributed by atoms with Gasteiger partial charge in [0.1, 0.15) is 6.04 Å². The predicted molar refractivity (Wildman–Crippen MR) is 107 cm³/mol. The van der Waals surface area contributed by atoms with Crippen molar-refractivity contribution in [3.05, 3.63) is 64.9 Å². The molecule has 0 saturated carbocycles. The van der Waals surface area contributed by atoms with Gasteiger partial charge in [0.2, 0.25) is 5.91 Å². The quantitative estimate of drug-likeness (QED) is 0.689. The van der Waals surface area contributed by atoms with Crippen molar-refractivity contribution < 1.29 is 18.7 Å². The normalized spacial score (nSPS) is 11.6. The van der Waals surface area contributed by atoms with Gasteiger partial charge < -0.3 is 15.0 Å². The molecule has 2 amide bonds. The molecule has 0 aliphatic carbocycles. The van der Waals surface area contributed by atoms with Crippen LogP contribution in [0.1, 0.15) is 25.8 Å². The van der Waals surface area contributed by atoms with E-state index in [2.05, 4.69) is 5.32 Å². The smallest absolute Gasteiger partial charge is 0.261 e. The van der Waals surface area contributed by atoms with Gasteiger partial charge >= 0.3 is 0 Å². The third-order valence-electron chi connectivity index (χ3n) is 4.15. The van der Waals surface area contributed by atoms with E-state index in [0.717, 1.165) is 12.0 Å². The van der Waals surface area contributed by atoms with Crippen molar-refractivity contribution in [1.82, 2.24) is 10.2 Å². The van der Waals surface area contributed by atoms with Gasteiger partial charge in [-0.25, -0.2) is 4.39 Å². The highest BCUT2D eigenvalue weighted by Crippen LogP contribution is 2.17. The summed E-state index contributed by atoms with van der Waals surface area (Å²) in [6.07, 6.45) is 0.789. The van der Waals surface area contributed by atoms with E-state index in [1.165, 1.54) is 23.1 Å². The lowest BCUT2D eigenvalue weighted by molar-refractivity contribution is -0.142. The number of benzene rings is 2. The van der Waals surface area contributed by atoms with Crippen molar-refractivity contribution >= 4 is 23.4 Å². The lowest BCUT2D eigenvalue weighted by atomic mass is 10.1. The summed E-state index contributed by atoms with van der Waals surface area (Å²) in [7, 11) is 0. The van der Waals surface area contributed by atoms with Gasteiger partial charge in [-0.1, -0.05) is 42.8 Å². The Kier molecular flexibility index (Phi) is 8.26. The highest BCUT2D eigenvalue weighted by molar-refractivity contribution is 6.30. The first kappa shape index (κ1) is 21.7. The number of para-hydroxylation sites is 1. The molecule has 150 valence electrons. The van der Waals surface area contributed by atoms with Crippen LogP contribution in [-0.2, 0) is 16.1 Å². The molecular weight excluding hydrogens is 383 g/mol. The van der Waals surface area contributed by atoms with Crippen molar-refractivity contribution in [3.8, 4) is 5.75 Å². The summed E-state index contributed by atoms with van der Waals surface area (Å²) in [5.41, 5.74) is 0.780. The molecule has 0 aromatic heterocycles. The molecule has 0 radical (unpaired) electrons. The maximum Gasteiger partial charge on any atom is 0.261 e. The third-order valence-corrected chi connectivity index (χ3v) is 4.38. The number of carbonyl (C=O) groups excluding carboxylic acids is 2. The van der Waals surface area contributed by atoms with Gasteiger partial charge in [0, 0.05) is 18.1 Å². The van der Waals surface area contributed by atoms with Gasteiger partial charge in [0.15, 0.2) is 18.2 Å². The molecule has 0 aliphatic heterocycles. The van der Waals surface area contributed by atoms with Crippen LogP contribution in [0, 0.1) is 5.82 Å². The summed E-state index contributed by atoms with van der Waals surface area (Å²) in [6, 6.07) is 12.2. The van der Waals surface area contributed by atoms with Gasteiger partial charge in [0.05, 0.1) is 0 Å². The summed E-state index contributed by atoms with van der Waals surface area (Å²) in [6.45, 7) is 3.92. The first-order valence-corrected chi connectivity index (χ1v) is 9.49. The molecule has 0 fully saturated rings. The highest BCUT2D eigenvalue weighted by atomic mass is 35.5. The SMILES string of the molecule is CCCNC(=O)[C@@H](C)N(Cc1cccc(Cl)c1)C(=O)COc1ccccc1F. The summed E-state index contributed by atoms with van der Waals surface area (Å²) in [4.78, 5) is 26.6. The van der Waals surface area contributed by atoms with Crippen LogP contribution < -0.4 is 10.1 Å². The first-order chi connectivity index (χ1) is 13.4. The molecule has 0 unspecified atom stereocenters. The fraction of sp³-hybridized carbons (Fsp3) is 0.333. The Balaban J connectivity index is 2.14. The molecule has 0 bridgehead atoms. The zero-order chi connectivity index (χ0) is 20.5. The Morgan fingerprint density at radius 2 is 1.96 bits per heavy atom. The Morgan fingerprint density at radius 1 is 1.21 bits per heavy atom. The number of nitrogens with zero attached hydrogens (tertiary/aromatic N) is 1. The monoisotopic (exact) mass is 406 g/mol. The van der Waals surface area contributed by atoms with Gasteiger partial charge in [-0.05, 0) is 43.2 Å². The first-order valence-electron chi connectivity index (χ1n) is 9.11. The number of amides is 2. The molecule has 2 rings (SSSR count). The molecule has 1 atom stereocenters. The average Bonchev–Trinajstić information content (AvgIpc) is 2.69. The van der Waals surface area contributed by atoms with Crippen molar-refractivity contribution in [2.24, 2.45) is 0 Å². The topological polar surface area (TPSA) is 58.6 Å². The summed E-state index contributed by atoms with van der Waals surface area (Å²) in [5.74, 6) is -1.25. The van der Waals surface area contributed by atoms with E-state index in [-0.39, 0.29) is 24.8 Å². The van der Waals surface area contributed by atoms with E-state index in [1.807, 2.05) is 13.0 Å². The number of nitrogens with one attached hydrogen (secondary N) is 1. The number of carbonyl (C=O) groups is 2. The molecule has 2 aromatic rings. The minimum absolute atomic E-state index is 0.0124. The van der Waals surface area contributed by atoms with E-state index < -0.39 is 17.8 Å². The van der Waals surface area contributed by atoms with E-state index in [4.69, 9.17) is 16.3 Å². The molecule has 28 heavy (non-hydrogen) atoms. The Hall–Kier alpha value is -2.60. The van der Waals surface area contributed by atoms with Crippen LogP contribution in [0.3, 0.4) is 0 Å². The molecular formula is C21H24ClFN2O3. The van der Waals surface area contributed by atoms with Crippen LogP contribution in [0.25, 0.3) is 0 Å². The minimum atomic E-state index is -0.720. The van der Waals surface area contributed by atoms with Gasteiger partial charge in [-0.2, -0.15) is 0 Å². The molecule has 0 heterocycles. The summed E-state index contributed by atoms with van der Waals surface area (Å²) >= 11 is 6.03. The largest absolute Gasteiger partial charge is 0.481 e. The maximum atomic E-state index is 13.7. The molecule has 0 aliphatic rings. The number of rotatable bonds is 9. The number of ether oxygens (including phenoxy) is 1. The second kappa shape index (κ2) is 10.7. The Morgan fingerprint density at radius 3 is 2.64 bits per heavy atom. The van der Waals surface area contributed by atoms with E-state index >= 15 is 0 Å². The lowest BCUT2D eigenvalue weighted by Gasteiger charge is -2.28. The van der Waals surface area contributed by atoms with Crippen molar-refractivity contribution in [2.45, 2.75) is 32.9 Å². The van der Waals surface area contributed by atoms with Crippen LogP contribution in [0.2, 0.25) is 5.02 Å². The fourth-order valence-electron chi connectivity index (χ4n) is 2.59. The van der Waals surface area contributed by atoms with E-state index in [0.29, 0.717) is 11.6 Å². The Labute approximate surface area is 169 Å². The summed E-state index contributed by atoms with van der Waals surface area (Å²) < 4.78 is 19.1. The van der Waals surface area contributed by atoms with Gasteiger partial charge in [-0.3, -0.25) is 9.59 Å². The second-order valence-corrected chi connectivity index (χ2v) is 6.77. The average molecular weight is 407 g/mol. The lowest BCUT2D eigenvalue weighted by Crippen LogP contribution is -2.49. The molecule has 2 aromatic carbocycles. The molecule has 1 N–H and O–H groups in total. The van der Waals surface area contributed by atoms with E-state index in [1.54, 1.807) is 31.2 Å². The zero-order valence-electron chi connectivity index (χ0n) is 16.0. The number of hydrogen-bond donors (Lipinski definition) is 1. The van der Waals surface area contributed by atoms with E-state index in [9.17, 15) is 14.0 Å². The molecule has 0 spiro atoms. The number of hydrogen-bond acceptors (Lipinski definition) is 3. The molecule has 5 nitrogen and oxygen atoms in total. The van der Waals surface area contributed by atoms with Crippen molar-refractivity contribution in [2.75, 3.05) is 13.2 Å². The van der Waals surface area contributed by atoms with Crippen LogP contribution in [0.4, 0.5) is 4.39 Å². The molecule has 7 heteroatoms. The minimum Gasteiger partial charge on any atom is -0.481 e.